The molecule has 2 aliphatic heterocycles. The Morgan fingerprint density at radius 2 is 2.06 bits per heavy atom. The molecule has 0 saturated heterocycles. The number of benzene rings is 1. The summed E-state index contributed by atoms with van der Waals surface area (Å²) in [5.41, 5.74) is 9.22. The highest BCUT2D eigenvalue weighted by Crippen LogP contribution is 2.28. The molecule has 4 rings (SSSR count). The van der Waals surface area contributed by atoms with E-state index in [4.69, 9.17) is 10.7 Å². The number of aryl methyl sites for hydroxylation is 1. The van der Waals surface area contributed by atoms with E-state index in [9.17, 15) is 9.18 Å². The largest absolute Gasteiger partial charge is 0.375 e. The second kappa shape index (κ2) is 9.63. The van der Waals surface area contributed by atoms with E-state index in [1.807, 2.05) is 11.0 Å². The van der Waals surface area contributed by atoms with Crippen molar-refractivity contribution in [3.05, 3.63) is 51.8 Å². The highest BCUT2D eigenvalue weighted by atomic mass is 32.1. The van der Waals surface area contributed by atoms with E-state index in [1.54, 1.807) is 13.0 Å². The minimum Gasteiger partial charge on any atom is -0.375 e. The number of rotatable bonds is 5. The third-order valence-electron chi connectivity index (χ3n) is 6.20. The van der Waals surface area contributed by atoms with Gasteiger partial charge in [-0.2, -0.15) is 0 Å². The third-order valence-corrected chi connectivity index (χ3v) is 7.18. The molecule has 2 aliphatic rings. The van der Waals surface area contributed by atoms with Gasteiger partial charge in [0.15, 0.2) is 5.13 Å². The maximum atomic E-state index is 13.8. The van der Waals surface area contributed by atoms with Crippen LogP contribution in [0.3, 0.4) is 0 Å². The van der Waals surface area contributed by atoms with Crippen molar-refractivity contribution >= 4 is 33.9 Å². The second-order valence-corrected chi connectivity index (χ2v) is 10.4. The van der Waals surface area contributed by atoms with Crippen LogP contribution in [-0.2, 0) is 17.6 Å². The summed E-state index contributed by atoms with van der Waals surface area (Å²) in [6.45, 7) is 9.79. The number of thiazole rings is 1. The van der Waals surface area contributed by atoms with Crippen LogP contribution in [0.15, 0.2) is 29.3 Å². The van der Waals surface area contributed by atoms with E-state index in [0.717, 1.165) is 42.1 Å². The fourth-order valence-electron chi connectivity index (χ4n) is 4.40. The van der Waals surface area contributed by atoms with Gasteiger partial charge in [-0.3, -0.25) is 4.79 Å². The van der Waals surface area contributed by atoms with Gasteiger partial charge in [0.2, 0.25) is 5.91 Å². The lowest BCUT2D eigenvalue weighted by Crippen LogP contribution is -2.48. The summed E-state index contributed by atoms with van der Waals surface area (Å²) in [7, 11) is 0. The van der Waals surface area contributed by atoms with E-state index >= 15 is 0 Å². The van der Waals surface area contributed by atoms with Crippen LogP contribution in [0.2, 0.25) is 0 Å². The van der Waals surface area contributed by atoms with Gasteiger partial charge in [0.05, 0.1) is 17.9 Å². The normalized spacial score (nSPS) is 18.7. The lowest BCUT2D eigenvalue weighted by atomic mass is 10.0. The van der Waals surface area contributed by atoms with E-state index in [0.29, 0.717) is 36.2 Å². The Hall–Kier alpha value is -2.74. The first-order valence-corrected chi connectivity index (χ1v) is 12.4. The molecular weight excluding hydrogens is 437 g/mol. The van der Waals surface area contributed by atoms with Crippen LogP contribution in [-0.4, -0.2) is 52.2 Å². The van der Waals surface area contributed by atoms with Crippen LogP contribution in [0.1, 0.15) is 48.9 Å². The fraction of sp³-hybridized carbons (Fsp3) is 0.480. The second-order valence-electron chi connectivity index (χ2n) is 9.31. The fourth-order valence-corrected chi connectivity index (χ4v) is 5.27. The number of hydrogen-bond donors (Lipinski definition) is 1. The van der Waals surface area contributed by atoms with Gasteiger partial charge in [0.25, 0.3) is 0 Å². The number of nitrogen functional groups attached to an aromatic ring is 1. The zero-order valence-electron chi connectivity index (χ0n) is 19.8. The van der Waals surface area contributed by atoms with Crippen molar-refractivity contribution in [2.24, 2.45) is 10.9 Å². The van der Waals surface area contributed by atoms with Crippen molar-refractivity contribution in [3.63, 3.8) is 0 Å². The number of hydrogen-bond acceptors (Lipinski definition) is 6. The molecule has 1 atom stereocenters. The molecule has 176 valence electrons. The van der Waals surface area contributed by atoms with E-state index in [-0.39, 0.29) is 17.8 Å². The molecule has 1 unspecified atom stereocenters. The average Bonchev–Trinajstić information content (AvgIpc) is 2.99. The standard InChI is InChI=1S/C25H32FN5OS/c1-15(2)11-23-28-21(18-5-6-19(26)16(3)12-18)13-17(4)31(23)14-24(32)30-9-7-20-22(8-10-30)33-25(27)29-20/h5-6,12-13,15,17H,7-11,14H2,1-4H3,(H2,27,29). The Kier molecular flexibility index (Phi) is 6.83. The molecule has 1 aromatic heterocycles. The number of aliphatic imine (C=N–C) groups is 1. The van der Waals surface area contributed by atoms with Crippen molar-refractivity contribution in [1.82, 2.24) is 14.8 Å². The molecule has 8 heteroatoms. The Balaban J connectivity index is 1.51. The quantitative estimate of drug-likeness (QED) is 0.709. The predicted molar refractivity (Wildman–Crippen MR) is 133 cm³/mol. The van der Waals surface area contributed by atoms with Crippen LogP contribution in [0, 0.1) is 18.7 Å². The van der Waals surface area contributed by atoms with Gasteiger partial charge in [-0.15, -0.1) is 11.3 Å². The minimum atomic E-state index is -0.216. The minimum absolute atomic E-state index is 0.00983. The van der Waals surface area contributed by atoms with Gasteiger partial charge in [0.1, 0.15) is 11.7 Å². The number of fused-ring (bicyclic) bond motifs is 1. The maximum Gasteiger partial charge on any atom is 0.242 e. The van der Waals surface area contributed by atoms with Crippen LogP contribution < -0.4 is 5.73 Å². The molecule has 0 radical (unpaired) electrons. The maximum absolute atomic E-state index is 13.8. The monoisotopic (exact) mass is 469 g/mol. The number of nitrogens with two attached hydrogens (primary N) is 1. The number of nitrogens with zero attached hydrogens (tertiary/aromatic N) is 4. The number of carbonyl (C=O) groups is 1. The molecule has 0 bridgehead atoms. The topological polar surface area (TPSA) is 74.8 Å². The van der Waals surface area contributed by atoms with Gasteiger partial charge < -0.3 is 15.5 Å². The number of carbonyl (C=O) groups excluding carboxylic acids is 1. The van der Waals surface area contributed by atoms with Crippen LogP contribution in [0.5, 0.6) is 0 Å². The number of halogens is 1. The summed E-state index contributed by atoms with van der Waals surface area (Å²) in [6.07, 6.45) is 4.38. The molecule has 3 heterocycles. The van der Waals surface area contributed by atoms with Crippen molar-refractivity contribution in [2.75, 3.05) is 25.4 Å². The van der Waals surface area contributed by atoms with Crippen LogP contribution in [0.25, 0.3) is 5.70 Å². The molecule has 0 fully saturated rings. The number of amidine groups is 1. The summed E-state index contributed by atoms with van der Waals surface area (Å²) in [5.74, 6) is 1.20. The number of aromatic nitrogens is 1. The summed E-state index contributed by atoms with van der Waals surface area (Å²) >= 11 is 1.53. The predicted octanol–water partition coefficient (Wildman–Crippen LogP) is 4.29. The van der Waals surface area contributed by atoms with Gasteiger partial charge >= 0.3 is 0 Å². The first kappa shape index (κ1) is 23.4. The Labute approximate surface area is 199 Å². The number of anilines is 1. The van der Waals surface area contributed by atoms with Crippen molar-refractivity contribution < 1.29 is 9.18 Å². The third kappa shape index (κ3) is 5.27. The molecule has 2 N–H and O–H groups in total. The average molecular weight is 470 g/mol. The Morgan fingerprint density at radius 3 is 2.79 bits per heavy atom. The molecule has 1 aromatic carbocycles. The smallest absolute Gasteiger partial charge is 0.242 e. The molecule has 1 amide bonds. The lowest BCUT2D eigenvalue weighted by Gasteiger charge is -2.36. The summed E-state index contributed by atoms with van der Waals surface area (Å²) in [5, 5.41) is 0.607. The van der Waals surface area contributed by atoms with Crippen molar-refractivity contribution in [3.8, 4) is 0 Å². The van der Waals surface area contributed by atoms with Gasteiger partial charge in [0, 0.05) is 48.8 Å². The number of amides is 1. The zero-order valence-corrected chi connectivity index (χ0v) is 20.6. The molecule has 33 heavy (non-hydrogen) atoms. The van der Waals surface area contributed by atoms with Gasteiger partial charge in [-0.05, 0) is 49.6 Å². The zero-order chi connectivity index (χ0) is 23.7. The molecule has 2 aromatic rings. The molecule has 0 aliphatic carbocycles. The Morgan fingerprint density at radius 1 is 1.30 bits per heavy atom. The van der Waals surface area contributed by atoms with Crippen molar-refractivity contribution in [2.45, 2.75) is 53.0 Å². The van der Waals surface area contributed by atoms with Crippen molar-refractivity contribution in [1.29, 1.82) is 0 Å². The van der Waals surface area contributed by atoms with Crippen LogP contribution >= 0.6 is 11.3 Å². The lowest BCUT2D eigenvalue weighted by molar-refractivity contribution is -0.131. The highest BCUT2D eigenvalue weighted by molar-refractivity contribution is 7.15. The SMILES string of the molecule is Cc1cc(C2=CC(C)N(CC(=O)N3CCc4nc(N)sc4CC3)C(CC(C)C)=N2)ccc1F. The molecule has 6 nitrogen and oxygen atoms in total. The Bertz CT molecular complexity index is 1080. The summed E-state index contributed by atoms with van der Waals surface area (Å²) < 4.78 is 13.8. The highest BCUT2D eigenvalue weighted by Gasteiger charge is 2.28. The summed E-state index contributed by atoms with van der Waals surface area (Å²) in [4.78, 5) is 27.9. The van der Waals surface area contributed by atoms with Gasteiger partial charge in [-0.25, -0.2) is 14.4 Å². The summed E-state index contributed by atoms with van der Waals surface area (Å²) in [6, 6.07) is 5.11. The van der Waals surface area contributed by atoms with E-state index in [1.165, 1.54) is 22.3 Å². The molecule has 0 saturated carbocycles. The van der Waals surface area contributed by atoms with E-state index in [2.05, 4.69) is 36.7 Å². The van der Waals surface area contributed by atoms with Gasteiger partial charge in [-0.1, -0.05) is 13.8 Å². The first-order chi connectivity index (χ1) is 15.7. The van der Waals surface area contributed by atoms with Crippen LogP contribution in [0.4, 0.5) is 9.52 Å². The molecular formula is C25H32FN5OS. The molecule has 0 spiro atoms. The first-order valence-electron chi connectivity index (χ1n) is 11.6. The van der Waals surface area contributed by atoms with E-state index < -0.39 is 0 Å².